The number of hydrogen-bond acceptors (Lipinski definition) is 3. The van der Waals surface area contributed by atoms with Crippen molar-refractivity contribution >= 4 is 9.84 Å². The van der Waals surface area contributed by atoms with E-state index in [-0.39, 0.29) is 11.5 Å². The van der Waals surface area contributed by atoms with Crippen molar-refractivity contribution in [1.29, 1.82) is 0 Å². The molecule has 0 aromatic heterocycles. The van der Waals surface area contributed by atoms with Crippen molar-refractivity contribution in [3.05, 3.63) is 29.3 Å². The minimum absolute atomic E-state index is 0.0933. The van der Waals surface area contributed by atoms with Crippen LogP contribution in [0.5, 0.6) is 5.75 Å². The summed E-state index contributed by atoms with van der Waals surface area (Å²) in [6.07, 6.45) is 2.40. The summed E-state index contributed by atoms with van der Waals surface area (Å²) in [5.74, 6) is 1.21. The van der Waals surface area contributed by atoms with Crippen LogP contribution in [0.4, 0.5) is 0 Å². The number of para-hydroxylation sites is 1. The maximum Gasteiger partial charge on any atom is 0.156 e. The van der Waals surface area contributed by atoms with Gasteiger partial charge in [0, 0.05) is 11.3 Å². The highest BCUT2D eigenvalue weighted by Crippen LogP contribution is 2.46. The van der Waals surface area contributed by atoms with E-state index in [1.54, 1.807) is 19.9 Å². The lowest BCUT2D eigenvalue weighted by Crippen LogP contribution is -2.13. The highest BCUT2D eigenvalue weighted by Gasteiger charge is 2.32. The molecule has 0 unspecified atom stereocenters. The number of sulfone groups is 1. The van der Waals surface area contributed by atoms with Gasteiger partial charge in [-0.25, -0.2) is 8.42 Å². The van der Waals surface area contributed by atoms with Gasteiger partial charge in [0.05, 0.1) is 5.25 Å². The number of phenolic OH excluding ortho intramolecular Hbond substituents is 1. The SMILES string of the molecule is CCS(=O)(=O)[C@@H](C)c1cccc([C@H](C)C2CC2)c1O. The second-order valence-corrected chi connectivity index (χ2v) is 8.12. The van der Waals surface area contributed by atoms with Crippen LogP contribution in [0.2, 0.25) is 0 Å². The molecule has 2 atom stereocenters. The summed E-state index contributed by atoms with van der Waals surface area (Å²) in [6.45, 7) is 5.40. The summed E-state index contributed by atoms with van der Waals surface area (Å²) in [7, 11) is -3.18. The molecule has 0 heterocycles. The van der Waals surface area contributed by atoms with Gasteiger partial charge in [-0.1, -0.05) is 32.0 Å². The Balaban J connectivity index is 2.39. The van der Waals surface area contributed by atoms with E-state index in [0.29, 0.717) is 17.4 Å². The van der Waals surface area contributed by atoms with E-state index in [9.17, 15) is 13.5 Å². The summed E-state index contributed by atoms with van der Waals surface area (Å²) >= 11 is 0. The molecule has 0 saturated heterocycles. The molecule has 0 aliphatic heterocycles. The van der Waals surface area contributed by atoms with Gasteiger partial charge in [0.15, 0.2) is 9.84 Å². The Bertz CT molecular complexity index is 559. The second kappa shape index (κ2) is 5.16. The maximum absolute atomic E-state index is 12.0. The standard InChI is InChI=1S/C15H22O3S/c1-4-19(17,18)11(3)14-7-5-6-13(15(14)16)10(2)12-8-9-12/h5-7,10-12,16H,4,8-9H2,1-3H3/t10-,11+/m1/s1. The van der Waals surface area contributed by atoms with E-state index in [0.717, 1.165) is 5.56 Å². The van der Waals surface area contributed by atoms with E-state index >= 15 is 0 Å². The predicted molar refractivity (Wildman–Crippen MR) is 77.1 cm³/mol. The molecular weight excluding hydrogens is 260 g/mol. The molecule has 1 aromatic carbocycles. The van der Waals surface area contributed by atoms with Gasteiger partial charge in [-0.05, 0) is 37.2 Å². The third kappa shape index (κ3) is 2.78. The van der Waals surface area contributed by atoms with Gasteiger partial charge in [0.2, 0.25) is 0 Å². The lowest BCUT2D eigenvalue weighted by atomic mass is 9.93. The molecule has 2 rings (SSSR count). The highest BCUT2D eigenvalue weighted by atomic mass is 32.2. The highest BCUT2D eigenvalue weighted by molar-refractivity contribution is 7.91. The molecule has 4 heteroatoms. The predicted octanol–water partition coefficient (Wildman–Crippen LogP) is 3.40. The van der Waals surface area contributed by atoms with Crippen LogP contribution in [0.25, 0.3) is 0 Å². The molecule has 106 valence electrons. The number of benzene rings is 1. The number of phenols is 1. The van der Waals surface area contributed by atoms with Crippen molar-refractivity contribution in [2.45, 2.75) is 44.8 Å². The average molecular weight is 282 g/mol. The van der Waals surface area contributed by atoms with Crippen LogP contribution in [0.15, 0.2) is 18.2 Å². The van der Waals surface area contributed by atoms with Crippen molar-refractivity contribution in [1.82, 2.24) is 0 Å². The minimum atomic E-state index is -3.18. The number of rotatable bonds is 5. The summed E-state index contributed by atoms with van der Waals surface area (Å²) in [5, 5.41) is 9.75. The van der Waals surface area contributed by atoms with E-state index in [2.05, 4.69) is 6.92 Å². The normalized spacial score (nSPS) is 19.1. The van der Waals surface area contributed by atoms with Crippen molar-refractivity contribution < 1.29 is 13.5 Å². The van der Waals surface area contributed by atoms with E-state index in [1.807, 2.05) is 12.1 Å². The zero-order chi connectivity index (χ0) is 14.2. The molecular formula is C15H22O3S. The van der Waals surface area contributed by atoms with Gasteiger partial charge in [0.1, 0.15) is 5.75 Å². The Morgan fingerprint density at radius 2 is 1.84 bits per heavy atom. The first-order valence-electron chi connectivity index (χ1n) is 6.91. The summed E-state index contributed by atoms with van der Waals surface area (Å²) in [4.78, 5) is 0. The smallest absolute Gasteiger partial charge is 0.156 e. The fourth-order valence-electron chi connectivity index (χ4n) is 2.57. The van der Waals surface area contributed by atoms with Crippen LogP contribution in [0, 0.1) is 5.92 Å². The van der Waals surface area contributed by atoms with Crippen LogP contribution >= 0.6 is 0 Å². The number of aromatic hydroxyl groups is 1. The molecule has 3 nitrogen and oxygen atoms in total. The van der Waals surface area contributed by atoms with Crippen molar-refractivity contribution in [2.75, 3.05) is 5.75 Å². The van der Waals surface area contributed by atoms with Gasteiger partial charge < -0.3 is 5.11 Å². The molecule has 0 amide bonds. The molecule has 1 fully saturated rings. The van der Waals surface area contributed by atoms with Gasteiger partial charge in [-0.2, -0.15) is 0 Å². The van der Waals surface area contributed by atoms with Crippen molar-refractivity contribution in [3.8, 4) is 5.75 Å². The summed E-state index contributed by atoms with van der Waals surface area (Å²) < 4.78 is 23.9. The summed E-state index contributed by atoms with van der Waals surface area (Å²) in [5.41, 5.74) is 1.42. The Morgan fingerprint density at radius 3 is 2.37 bits per heavy atom. The van der Waals surface area contributed by atoms with Gasteiger partial charge in [-0.15, -0.1) is 0 Å². The molecule has 0 bridgehead atoms. The lowest BCUT2D eigenvalue weighted by molar-refractivity contribution is 0.450. The minimum Gasteiger partial charge on any atom is -0.507 e. The van der Waals surface area contributed by atoms with Crippen molar-refractivity contribution in [3.63, 3.8) is 0 Å². The summed E-state index contributed by atoms with van der Waals surface area (Å²) in [6, 6.07) is 5.48. The van der Waals surface area contributed by atoms with Gasteiger partial charge >= 0.3 is 0 Å². The molecule has 19 heavy (non-hydrogen) atoms. The molecule has 0 radical (unpaired) electrons. The zero-order valence-electron chi connectivity index (χ0n) is 11.8. The second-order valence-electron chi connectivity index (χ2n) is 5.50. The van der Waals surface area contributed by atoms with Gasteiger partial charge in [0.25, 0.3) is 0 Å². The molecule has 1 aromatic rings. The van der Waals surface area contributed by atoms with E-state index in [4.69, 9.17) is 0 Å². The fraction of sp³-hybridized carbons (Fsp3) is 0.600. The average Bonchev–Trinajstić information content (AvgIpc) is 3.21. The first-order chi connectivity index (χ1) is 8.88. The topological polar surface area (TPSA) is 54.4 Å². The Kier molecular flexibility index (Phi) is 3.90. The molecule has 1 aliphatic carbocycles. The maximum atomic E-state index is 12.0. The monoisotopic (exact) mass is 282 g/mol. The van der Waals surface area contributed by atoms with Crippen molar-refractivity contribution in [2.24, 2.45) is 5.92 Å². The molecule has 0 spiro atoms. The first-order valence-corrected chi connectivity index (χ1v) is 8.63. The molecule has 1 N–H and O–H groups in total. The Morgan fingerprint density at radius 1 is 1.26 bits per heavy atom. The fourth-order valence-corrected chi connectivity index (χ4v) is 3.65. The van der Waals surface area contributed by atoms with Crippen LogP contribution in [-0.2, 0) is 9.84 Å². The Labute approximate surface area is 115 Å². The third-order valence-electron chi connectivity index (χ3n) is 4.30. The van der Waals surface area contributed by atoms with Crippen LogP contribution < -0.4 is 0 Å². The number of hydrogen-bond donors (Lipinski definition) is 1. The quantitative estimate of drug-likeness (QED) is 0.900. The largest absolute Gasteiger partial charge is 0.507 e. The third-order valence-corrected chi connectivity index (χ3v) is 6.43. The molecule has 1 aliphatic rings. The first kappa shape index (κ1) is 14.4. The lowest BCUT2D eigenvalue weighted by Gasteiger charge is -2.19. The Hall–Kier alpha value is -1.03. The molecule has 1 saturated carbocycles. The van der Waals surface area contributed by atoms with Crippen LogP contribution in [0.1, 0.15) is 55.9 Å². The van der Waals surface area contributed by atoms with E-state index < -0.39 is 15.1 Å². The van der Waals surface area contributed by atoms with Crippen LogP contribution in [0.3, 0.4) is 0 Å². The zero-order valence-corrected chi connectivity index (χ0v) is 12.6. The van der Waals surface area contributed by atoms with Gasteiger partial charge in [-0.3, -0.25) is 0 Å². The van der Waals surface area contributed by atoms with E-state index in [1.165, 1.54) is 12.8 Å². The van der Waals surface area contributed by atoms with Crippen LogP contribution in [-0.4, -0.2) is 19.3 Å².